The molecule has 8 heteroatoms. The Hall–Kier alpha value is -3.96. The molecule has 150 valence electrons. The van der Waals surface area contributed by atoms with E-state index in [1.54, 1.807) is 18.2 Å². The molecule has 0 spiro atoms. The van der Waals surface area contributed by atoms with E-state index in [1.807, 2.05) is 30.3 Å². The molecule has 0 amide bonds. The lowest BCUT2D eigenvalue weighted by molar-refractivity contribution is 0.122. The SMILES string of the molecule is N#Cc1cccc(-c2cc(Nc3ccc(N)c(C=N)c3)nc(N3CCOCC3)n2)c1. The highest BCUT2D eigenvalue weighted by Gasteiger charge is 2.17. The van der Waals surface area contributed by atoms with Gasteiger partial charge >= 0.3 is 0 Å². The van der Waals surface area contributed by atoms with E-state index in [4.69, 9.17) is 25.8 Å². The van der Waals surface area contributed by atoms with E-state index < -0.39 is 0 Å². The molecule has 0 atom stereocenters. The van der Waals surface area contributed by atoms with Gasteiger partial charge in [0, 0.05) is 47.9 Å². The largest absolute Gasteiger partial charge is 0.398 e. The van der Waals surface area contributed by atoms with Crippen molar-refractivity contribution in [3.63, 3.8) is 0 Å². The van der Waals surface area contributed by atoms with Crippen molar-refractivity contribution in [2.24, 2.45) is 0 Å². The Morgan fingerprint density at radius 3 is 2.73 bits per heavy atom. The van der Waals surface area contributed by atoms with E-state index in [-0.39, 0.29) is 0 Å². The van der Waals surface area contributed by atoms with Gasteiger partial charge in [-0.05, 0) is 30.3 Å². The summed E-state index contributed by atoms with van der Waals surface area (Å²) in [7, 11) is 0. The minimum absolute atomic E-state index is 0.543. The second kappa shape index (κ2) is 8.59. The first-order valence-electron chi connectivity index (χ1n) is 9.55. The number of nitrogens with two attached hydrogens (primary N) is 1. The molecule has 0 saturated carbocycles. The Bertz CT molecular complexity index is 1120. The number of nitriles is 1. The number of benzene rings is 2. The molecular weight excluding hydrogens is 378 g/mol. The number of anilines is 4. The van der Waals surface area contributed by atoms with E-state index in [2.05, 4.69) is 16.3 Å². The van der Waals surface area contributed by atoms with Gasteiger partial charge in [-0.25, -0.2) is 4.98 Å². The van der Waals surface area contributed by atoms with Gasteiger partial charge in [-0.15, -0.1) is 0 Å². The lowest BCUT2D eigenvalue weighted by Gasteiger charge is -2.27. The molecule has 3 aromatic rings. The Kier molecular flexibility index (Phi) is 5.54. The molecule has 1 saturated heterocycles. The van der Waals surface area contributed by atoms with Crippen LogP contribution in [0.15, 0.2) is 48.5 Å². The Morgan fingerprint density at radius 2 is 1.97 bits per heavy atom. The van der Waals surface area contributed by atoms with Crippen LogP contribution in [0.2, 0.25) is 0 Å². The summed E-state index contributed by atoms with van der Waals surface area (Å²) in [5.74, 6) is 1.22. The highest BCUT2D eigenvalue weighted by atomic mass is 16.5. The van der Waals surface area contributed by atoms with Crippen molar-refractivity contribution >= 4 is 29.4 Å². The van der Waals surface area contributed by atoms with Crippen molar-refractivity contribution < 1.29 is 4.74 Å². The first kappa shape index (κ1) is 19.4. The molecule has 30 heavy (non-hydrogen) atoms. The molecule has 1 aliphatic heterocycles. The second-order valence-corrected chi connectivity index (χ2v) is 6.84. The number of ether oxygens (including phenoxy) is 1. The van der Waals surface area contributed by atoms with Crippen LogP contribution in [0.1, 0.15) is 11.1 Å². The molecule has 0 bridgehead atoms. The van der Waals surface area contributed by atoms with Crippen LogP contribution >= 0.6 is 0 Å². The molecule has 4 N–H and O–H groups in total. The summed E-state index contributed by atoms with van der Waals surface area (Å²) in [6, 6.07) is 16.8. The van der Waals surface area contributed by atoms with E-state index in [0.29, 0.717) is 60.6 Å². The number of hydrogen-bond donors (Lipinski definition) is 3. The van der Waals surface area contributed by atoms with Crippen LogP contribution in [-0.2, 0) is 4.74 Å². The standard InChI is InChI=1S/C22H21N7O/c23-13-15-2-1-3-16(10-15)20-12-21(26-18-4-5-19(25)17(11-18)14-24)28-22(27-20)29-6-8-30-9-7-29/h1-5,10-12,14,24H,6-9,25H2,(H,26,27,28). The number of rotatable bonds is 5. The summed E-state index contributed by atoms with van der Waals surface area (Å²) in [5, 5.41) is 20.0. The topological polar surface area (TPSA) is 124 Å². The molecular formula is C22H21N7O. The first-order valence-corrected chi connectivity index (χ1v) is 9.55. The predicted molar refractivity (Wildman–Crippen MR) is 117 cm³/mol. The van der Waals surface area contributed by atoms with Gasteiger partial charge in [-0.3, -0.25) is 0 Å². The summed E-state index contributed by atoms with van der Waals surface area (Å²) in [4.78, 5) is 11.5. The van der Waals surface area contributed by atoms with Crippen LogP contribution in [0.25, 0.3) is 11.3 Å². The van der Waals surface area contributed by atoms with Gasteiger partial charge in [-0.1, -0.05) is 12.1 Å². The maximum atomic E-state index is 9.24. The van der Waals surface area contributed by atoms with Crippen LogP contribution in [0.3, 0.4) is 0 Å². The molecule has 1 aromatic heterocycles. The molecule has 0 unspecified atom stereocenters. The minimum atomic E-state index is 0.543. The normalized spacial score (nSPS) is 13.5. The molecule has 0 radical (unpaired) electrons. The summed E-state index contributed by atoms with van der Waals surface area (Å²) < 4.78 is 5.45. The number of hydrogen-bond acceptors (Lipinski definition) is 8. The molecule has 1 fully saturated rings. The number of morpholine rings is 1. The zero-order valence-corrected chi connectivity index (χ0v) is 16.3. The third-order valence-electron chi connectivity index (χ3n) is 4.81. The van der Waals surface area contributed by atoms with Gasteiger partial charge < -0.3 is 26.1 Å². The molecule has 1 aliphatic rings. The summed E-state index contributed by atoms with van der Waals surface area (Å²) in [5.41, 5.74) is 9.96. The Labute approximate surface area is 174 Å². The molecule has 8 nitrogen and oxygen atoms in total. The third kappa shape index (κ3) is 4.21. The van der Waals surface area contributed by atoms with Gasteiger partial charge in [0.25, 0.3) is 0 Å². The van der Waals surface area contributed by atoms with Crippen LogP contribution in [0.4, 0.5) is 23.1 Å². The molecule has 0 aliphatic carbocycles. The van der Waals surface area contributed by atoms with Crippen LogP contribution in [-0.4, -0.2) is 42.5 Å². The lowest BCUT2D eigenvalue weighted by Crippen LogP contribution is -2.37. The first-order chi connectivity index (χ1) is 14.7. The van der Waals surface area contributed by atoms with Gasteiger partial charge in [0.2, 0.25) is 5.95 Å². The fourth-order valence-corrected chi connectivity index (χ4v) is 3.22. The van der Waals surface area contributed by atoms with Crippen molar-refractivity contribution in [1.29, 1.82) is 10.7 Å². The van der Waals surface area contributed by atoms with E-state index in [0.717, 1.165) is 11.3 Å². The van der Waals surface area contributed by atoms with Crippen LogP contribution in [0.5, 0.6) is 0 Å². The van der Waals surface area contributed by atoms with Crippen LogP contribution < -0.4 is 16.0 Å². The minimum Gasteiger partial charge on any atom is -0.398 e. The van der Waals surface area contributed by atoms with Gasteiger partial charge in [0.05, 0.1) is 30.5 Å². The Balaban J connectivity index is 1.75. The summed E-state index contributed by atoms with van der Waals surface area (Å²) in [6.07, 6.45) is 1.22. The number of nitrogens with one attached hydrogen (secondary N) is 2. The van der Waals surface area contributed by atoms with Gasteiger partial charge in [-0.2, -0.15) is 10.2 Å². The summed E-state index contributed by atoms with van der Waals surface area (Å²) in [6.45, 7) is 2.67. The molecule has 4 rings (SSSR count). The average molecular weight is 399 g/mol. The second-order valence-electron chi connectivity index (χ2n) is 6.84. The van der Waals surface area contributed by atoms with Gasteiger partial charge in [0.15, 0.2) is 0 Å². The fourth-order valence-electron chi connectivity index (χ4n) is 3.22. The zero-order valence-electron chi connectivity index (χ0n) is 16.3. The maximum absolute atomic E-state index is 9.24. The van der Waals surface area contributed by atoms with E-state index >= 15 is 0 Å². The monoisotopic (exact) mass is 399 g/mol. The smallest absolute Gasteiger partial charge is 0.228 e. The number of aromatic nitrogens is 2. The van der Waals surface area contributed by atoms with Crippen molar-refractivity contribution in [2.45, 2.75) is 0 Å². The van der Waals surface area contributed by atoms with Crippen molar-refractivity contribution in [3.05, 3.63) is 59.7 Å². The van der Waals surface area contributed by atoms with E-state index in [1.165, 1.54) is 6.21 Å². The van der Waals surface area contributed by atoms with Crippen molar-refractivity contribution in [3.8, 4) is 17.3 Å². The van der Waals surface area contributed by atoms with Crippen molar-refractivity contribution in [1.82, 2.24) is 9.97 Å². The predicted octanol–water partition coefficient (Wildman–Crippen LogP) is 3.18. The highest BCUT2D eigenvalue weighted by molar-refractivity contribution is 5.87. The van der Waals surface area contributed by atoms with Crippen LogP contribution in [0, 0.1) is 16.7 Å². The van der Waals surface area contributed by atoms with Crippen molar-refractivity contribution in [2.75, 3.05) is 42.3 Å². The highest BCUT2D eigenvalue weighted by Crippen LogP contribution is 2.27. The summed E-state index contributed by atoms with van der Waals surface area (Å²) >= 11 is 0. The quantitative estimate of drug-likeness (QED) is 0.444. The average Bonchev–Trinajstić information content (AvgIpc) is 2.80. The number of nitrogen functional groups attached to an aromatic ring is 1. The lowest BCUT2D eigenvalue weighted by atomic mass is 10.1. The molecule has 2 heterocycles. The third-order valence-corrected chi connectivity index (χ3v) is 4.81. The zero-order chi connectivity index (χ0) is 20.9. The van der Waals surface area contributed by atoms with Gasteiger partial charge in [0.1, 0.15) is 5.82 Å². The molecule has 2 aromatic carbocycles. The fraction of sp³-hybridized carbons (Fsp3) is 0.182. The number of nitrogens with zero attached hydrogens (tertiary/aromatic N) is 4. The van der Waals surface area contributed by atoms with E-state index in [9.17, 15) is 5.26 Å². The Morgan fingerprint density at radius 1 is 1.13 bits per heavy atom. The maximum Gasteiger partial charge on any atom is 0.228 e.